The predicted octanol–water partition coefficient (Wildman–Crippen LogP) is 5.33. The van der Waals surface area contributed by atoms with Crippen LogP contribution in [0.3, 0.4) is 0 Å². The molecule has 2 aliphatic rings. The molecule has 0 radical (unpaired) electrons. The summed E-state index contributed by atoms with van der Waals surface area (Å²) >= 11 is 0. The zero-order valence-electron chi connectivity index (χ0n) is 18.6. The van der Waals surface area contributed by atoms with Crippen molar-refractivity contribution >= 4 is 17.5 Å². The summed E-state index contributed by atoms with van der Waals surface area (Å²) in [6, 6.07) is 0. The SMILES string of the molecule is C=C(C)[C@@H]1CCC(C)=CC1C1=C(OC(CC)C(=O)O)C(=O)C(CCCCC)=CC1=O. The molecule has 2 aliphatic carbocycles. The van der Waals surface area contributed by atoms with E-state index >= 15 is 0 Å². The van der Waals surface area contributed by atoms with E-state index in [0.29, 0.717) is 12.0 Å². The van der Waals surface area contributed by atoms with Crippen LogP contribution < -0.4 is 0 Å². The molecular weight excluding hydrogens is 380 g/mol. The molecule has 0 aromatic heterocycles. The molecule has 2 rings (SSSR count). The number of carboxylic acid groups (broad SMARTS) is 1. The van der Waals surface area contributed by atoms with Gasteiger partial charge in [0.05, 0.1) is 5.57 Å². The minimum absolute atomic E-state index is 0.0130. The molecule has 3 atom stereocenters. The molecule has 5 heteroatoms. The van der Waals surface area contributed by atoms with E-state index in [2.05, 4.69) is 13.5 Å². The summed E-state index contributed by atoms with van der Waals surface area (Å²) in [7, 11) is 0. The number of Topliss-reactive ketones (excluding diaryl/α,β-unsaturated/α-hetero) is 1. The molecule has 0 saturated heterocycles. The Labute approximate surface area is 179 Å². The molecule has 0 saturated carbocycles. The third-order valence-electron chi connectivity index (χ3n) is 5.98. The summed E-state index contributed by atoms with van der Waals surface area (Å²) in [6.45, 7) is 11.8. The van der Waals surface area contributed by atoms with Crippen molar-refractivity contribution in [2.75, 3.05) is 0 Å². The van der Waals surface area contributed by atoms with Crippen molar-refractivity contribution in [3.8, 4) is 0 Å². The van der Waals surface area contributed by atoms with Crippen molar-refractivity contribution in [2.45, 2.75) is 78.7 Å². The van der Waals surface area contributed by atoms with Crippen LogP contribution in [0.15, 0.2) is 46.8 Å². The molecule has 0 amide bonds. The molecule has 0 spiro atoms. The Morgan fingerprint density at radius 3 is 2.57 bits per heavy atom. The number of aliphatic carboxylic acids is 1. The average Bonchev–Trinajstić information content (AvgIpc) is 2.68. The van der Waals surface area contributed by atoms with Crippen molar-refractivity contribution in [2.24, 2.45) is 11.8 Å². The molecule has 0 aromatic carbocycles. The lowest BCUT2D eigenvalue weighted by Gasteiger charge is -2.34. The first-order chi connectivity index (χ1) is 14.2. The van der Waals surface area contributed by atoms with Crippen molar-refractivity contribution < 1.29 is 24.2 Å². The van der Waals surface area contributed by atoms with Gasteiger partial charge in [0.1, 0.15) is 0 Å². The molecule has 0 aromatic rings. The summed E-state index contributed by atoms with van der Waals surface area (Å²) in [5.74, 6) is -2.14. The zero-order valence-corrected chi connectivity index (χ0v) is 18.6. The van der Waals surface area contributed by atoms with Crippen LogP contribution in [-0.2, 0) is 19.1 Å². The Balaban J connectivity index is 2.55. The summed E-state index contributed by atoms with van der Waals surface area (Å²) < 4.78 is 5.76. The van der Waals surface area contributed by atoms with Crippen LogP contribution in [0.5, 0.6) is 0 Å². The van der Waals surface area contributed by atoms with Crippen LogP contribution in [0.1, 0.15) is 72.6 Å². The average molecular weight is 415 g/mol. The first-order valence-electron chi connectivity index (χ1n) is 11.0. The molecule has 0 heterocycles. The molecular formula is C25H34O5. The highest BCUT2D eigenvalue weighted by atomic mass is 16.5. The number of ether oxygens (including phenoxy) is 1. The van der Waals surface area contributed by atoms with Gasteiger partial charge in [0.15, 0.2) is 17.6 Å². The van der Waals surface area contributed by atoms with E-state index in [1.807, 2.05) is 19.9 Å². The lowest BCUT2D eigenvalue weighted by molar-refractivity contribution is -0.148. The number of unbranched alkanes of at least 4 members (excludes halogenated alkanes) is 2. The highest BCUT2D eigenvalue weighted by Gasteiger charge is 2.39. The fraction of sp³-hybridized carbons (Fsp3) is 0.560. The van der Waals surface area contributed by atoms with Crippen LogP contribution in [0.4, 0.5) is 0 Å². The van der Waals surface area contributed by atoms with Crippen molar-refractivity contribution in [3.63, 3.8) is 0 Å². The zero-order chi connectivity index (χ0) is 22.4. The van der Waals surface area contributed by atoms with E-state index < -0.39 is 12.1 Å². The molecule has 30 heavy (non-hydrogen) atoms. The van der Waals surface area contributed by atoms with Gasteiger partial charge in [-0.2, -0.15) is 0 Å². The normalized spacial score (nSPS) is 23.1. The molecule has 164 valence electrons. The summed E-state index contributed by atoms with van der Waals surface area (Å²) in [4.78, 5) is 38.2. The highest BCUT2D eigenvalue weighted by Crippen LogP contribution is 2.41. The van der Waals surface area contributed by atoms with Gasteiger partial charge in [-0.05, 0) is 57.9 Å². The third-order valence-corrected chi connectivity index (χ3v) is 5.98. The number of hydrogen-bond donors (Lipinski definition) is 1. The fourth-order valence-electron chi connectivity index (χ4n) is 4.22. The van der Waals surface area contributed by atoms with Crippen LogP contribution >= 0.6 is 0 Å². The van der Waals surface area contributed by atoms with Gasteiger partial charge in [0.2, 0.25) is 5.78 Å². The Hall–Kier alpha value is -2.43. The number of rotatable bonds is 10. The monoisotopic (exact) mass is 414 g/mol. The summed E-state index contributed by atoms with van der Waals surface area (Å²) in [5, 5.41) is 9.49. The van der Waals surface area contributed by atoms with Gasteiger partial charge in [-0.1, -0.05) is 50.5 Å². The van der Waals surface area contributed by atoms with Gasteiger partial charge in [-0.15, -0.1) is 0 Å². The Bertz CT molecular complexity index is 811. The van der Waals surface area contributed by atoms with Crippen LogP contribution in [-0.4, -0.2) is 28.7 Å². The lowest BCUT2D eigenvalue weighted by atomic mass is 9.71. The molecule has 5 nitrogen and oxygen atoms in total. The second-order valence-electron chi connectivity index (χ2n) is 8.45. The Morgan fingerprint density at radius 1 is 1.30 bits per heavy atom. The molecule has 0 bridgehead atoms. The van der Waals surface area contributed by atoms with E-state index in [-0.39, 0.29) is 41.2 Å². The Morgan fingerprint density at radius 2 is 2.00 bits per heavy atom. The number of carboxylic acids is 1. The molecule has 1 N–H and O–H groups in total. The standard InChI is InChI=1S/C25H34O5/c1-6-8-9-10-17-14-20(26)22(19-13-16(5)11-12-18(19)15(3)4)24(23(17)27)30-21(7-2)25(28)29/h13-14,18-19,21H,3,6-12H2,1-2,4-5H3,(H,28,29)/t18-,19?,21?/m0/s1. The summed E-state index contributed by atoms with van der Waals surface area (Å²) in [6.07, 6.45) is 7.49. The van der Waals surface area contributed by atoms with E-state index in [0.717, 1.165) is 43.3 Å². The summed E-state index contributed by atoms with van der Waals surface area (Å²) in [5.41, 5.74) is 2.79. The third kappa shape index (κ3) is 5.38. The Kier molecular flexibility index (Phi) is 8.39. The fourth-order valence-corrected chi connectivity index (χ4v) is 4.22. The first-order valence-corrected chi connectivity index (χ1v) is 11.0. The molecule has 2 unspecified atom stereocenters. The minimum Gasteiger partial charge on any atom is -0.479 e. The van der Waals surface area contributed by atoms with Gasteiger partial charge in [0.25, 0.3) is 0 Å². The highest BCUT2D eigenvalue weighted by molar-refractivity contribution is 6.22. The number of carbonyl (C=O) groups excluding carboxylic acids is 2. The number of ketones is 2. The van der Waals surface area contributed by atoms with Crippen LogP contribution in [0, 0.1) is 11.8 Å². The van der Waals surface area contributed by atoms with Gasteiger partial charge in [0, 0.05) is 11.5 Å². The topological polar surface area (TPSA) is 80.7 Å². The van der Waals surface area contributed by atoms with Crippen molar-refractivity contribution in [1.29, 1.82) is 0 Å². The maximum absolute atomic E-state index is 13.3. The van der Waals surface area contributed by atoms with E-state index in [1.165, 1.54) is 6.08 Å². The number of carbonyl (C=O) groups is 3. The quantitative estimate of drug-likeness (QED) is 0.297. The van der Waals surface area contributed by atoms with Crippen molar-refractivity contribution in [1.82, 2.24) is 0 Å². The van der Waals surface area contributed by atoms with Crippen LogP contribution in [0.25, 0.3) is 0 Å². The molecule has 0 fully saturated rings. The van der Waals surface area contributed by atoms with Gasteiger partial charge < -0.3 is 9.84 Å². The molecule has 0 aliphatic heterocycles. The smallest absolute Gasteiger partial charge is 0.344 e. The van der Waals surface area contributed by atoms with Crippen LogP contribution in [0.2, 0.25) is 0 Å². The van der Waals surface area contributed by atoms with E-state index in [4.69, 9.17) is 4.74 Å². The van der Waals surface area contributed by atoms with Gasteiger partial charge in [-0.25, -0.2) is 4.79 Å². The van der Waals surface area contributed by atoms with Crippen molar-refractivity contribution in [3.05, 3.63) is 46.8 Å². The number of allylic oxidation sites excluding steroid dienone is 6. The van der Waals surface area contributed by atoms with E-state index in [9.17, 15) is 19.5 Å². The van der Waals surface area contributed by atoms with Gasteiger partial charge in [-0.3, -0.25) is 9.59 Å². The number of hydrogen-bond acceptors (Lipinski definition) is 4. The second kappa shape index (κ2) is 10.6. The maximum atomic E-state index is 13.3. The maximum Gasteiger partial charge on any atom is 0.344 e. The second-order valence-corrected chi connectivity index (χ2v) is 8.45. The lowest BCUT2D eigenvalue weighted by Crippen LogP contribution is -2.33. The first kappa shape index (κ1) is 23.8. The van der Waals surface area contributed by atoms with E-state index in [1.54, 1.807) is 6.92 Å². The largest absolute Gasteiger partial charge is 0.479 e. The van der Waals surface area contributed by atoms with Gasteiger partial charge >= 0.3 is 5.97 Å². The minimum atomic E-state index is -1.17. The predicted molar refractivity (Wildman–Crippen MR) is 117 cm³/mol.